The third-order valence-electron chi connectivity index (χ3n) is 5.46. The van der Waals surface area contributed by atoms with Crippen LogP contribution in [-0.4, -0.2) is 33.6 Å². The van der Waals surface area contributed by atoms with E-state index < -0.39 is 11.2 Å². The van der Waals surface area contributed by atoms with Gasteiger partial charge in [0.2, 0.25) is 0 Å². The Morgan fingerprint density at radius 3 is 2.69 bits per heavy atom. The molecule has 0 radical (unpaired) electrons. The lowest BCUT2D eigenvalue weighted by Gasteiger charge is -2.12. The second-order valence-corrected chi connectivity index (χ2v) is 7.84. The number of pyridine rings is 1. The Hall–Kier alpha value is -3.49. The van der Waals surface area contributed by atoms with E-state index in [4.69, 9.17) is 4.74 Å². The van der Waals surface area contributed by atoms with Crippen LogP contribution in [0.15, 0.2) is 39.9 Å². The maximum atomic E-state index is 12.9. The Balaban J connectivity index is 1.44. The lowest BCUT2D eigenvalue weighted by atomic mass is 10.1. The van der Waals surface area contributed by atoms with Gasteiger partial charge in [-0.25, -0.2) is 14.2 Å². The molecule has 9 heteroatoms. The van der Waals surface area contributed by atoms with E-state index in [0.29, 0.717) is 38.3 Å². The van der Waals surface area contributed by atoms with Gasteiger partial charge in [-0.15, -0.1) is 0 Å². The van der Waals surface area contributed by atoms with Crippen LogP contribution in [0.5, 0.6) is 5.75 Å². The van der Waals surface area contributed by atoms with Crippen molar-refractivity contribution in [2.24, 2.45) is 0 Å². The number of H-pyrrole nitrogens is 1. The highest BCUT2D eigenvalue weighted by Gasteiger charge is 2.28. The molecule has 2 N–H and O–H groups in total. The molecule has 0 aliphatic heterocycles. The van der Waals surface area contributed by atoms with Crippen molar-refractivity contribution in [1.82, 2.24) is 19.9 Å². The number of nitrogens with zero attached hydrogens (tertiary/aromatic N) is 2. The highest BCUT2D eigenvalue weighted by molar-refractivity contribution is 6.05. The monoisotopic (exact) mass is 440 g/mol. The summed E-state index contributed by atoms with van der Waals surface area (Å²) in [5.41, 5.74) is 0.0920. The van der Waals surface area contributed by atoms with E-state index in [9.17, 15) is 18.8 Å². The molecule has 4 rings (SSSR count). The van der Waals surface area contributed by atoms with E-state index in [1.165, 1.54) is 16.7 Å². The highest BCUT2D eigenvalue weighted by atomic mass is 19.1. The summed E-state index contributed by atoms with van der Waals surface area (Å²) in [6, 6.07) is 7.48. The zero-order valence-corrected chi connectivity index (χ0v) is 17.8. The molecule has 8 nitrogen and oxygen atoms in total. The number of fused-ring (bicyclic) bond motifs is 1. The maximum Gasteiger partial charge on any atom is 0.329 e. The van der Waals surface area contributed by atoms with Crippen LogP contribution in [0.1, 0.15) is 54.6 Å². The minimum absolute atomic E-state index is 0.132. The van der Waals surface area contributed by atoms with Crippen LogP contribution in [0.25, 0.3) is 11.0 Å². The fraction of sp³-hybridized carbons (Fsp3) is 0.391. The van der Waals surface area contributed by atoms with Crippen LogP contribution in [0.2, 0.25) is 0 Å². The summed E-state index contributed by atoms with van der Waals surface area (Å²) in [6.45, 7) is 2.97. The number of benzene rings is 1. The number of rotatable bonds is 9. The average molecular weight is 440 g/mol. The van der Waals surface area contributed by atoms with Gasteiger partial charge in [-0.1, -0.05) is 0 Å². The van der Waals surface area contributed by atoms with E-state index in [1.807, 2.05) is 0 Å². The SMILES string of the molecule is CCn1c(=O)[nH]c(=O)c2c(C(=O)NCCCCOc3ccc(F)cc3)cc(C3CC3)nc21. The molecule has 1 saturated carbocycles. The zero-order valence-electron chi connectivity index (χ0n) is 17.8. The number of aromatic nitrogens is 3. The normalized spacial score (nSPS) is 13.3. The lowest BCUT2D eigenvalue weighted by molar-refractivity contribution is 0.0953. The van der Waals surface area contributed by atoms with Crippen molar-refractivity contribution in [3.05, 3.63) is 68.2 Å². The molecule has 2 aromatic heterocycles. The summed E-state index contributed by atoms with van der Waals surface area (Å²) in [5.74, 6) is 0.163. The molecule has 32 heavy (non-hydrogen) atoms. The smallest absolute Gasteiger partial charge is 0.329 e. The number of aryl methyl sites for hydroxylation is 1. The number of carbonyl (C=O) groups is 1. The highest BCUT2D eigenvalue weighted by Crippen LogP contribution is 2.39. The van der Waals surface area contributed by atoms with E-state index >= 15 is 0 Å². The quantitative estimate of drug-likeness (QED) is 0.498. The van der Waals surface area contributed by atoms with Crippen LogP contribution < -0.4 is 21.3 Å². The Morgan fingerprint density at radius 2 is 2.00 bits per heavy atom. The van der Waals surface area contributed by atoms with Gasteiger partial charge in [0.15, 0.2) is 5.65 Å². The van der Waals surface area contributed by atoms with Gasteiger partial charge in [0.25, 0.3) is 11.5 Å². The molecule has 2 heterocycles. The number of nitrogens with one attached hydrogen (secondary N) is 2. The number of halogens is 1. The summed E-state index contributed by atoms with van der Waals surface area (Å²) in [6.07, 6.45) is 3.32. The Bertz CT molecular complexity index is 1250. The first-order valence-corrected chi connectivity index (χ1v) is 10.8. The Morgan fingerprint density at radius 1 is 1.25 bits per heavy atom. The summed E-state index contributed by atoms with van der Waals surface area (Å²) in [4.78, 5) is 44.5. The number of ether oxygens (including phenoxy) is 1. The van der Waals surface area contributed by atoms with Gasteiger partial charge in [0.1, 0.15) is 11.6 Å². The van der Waals surface area contributed by atoms with Gasteiger partial charge < -0.3 is 10.1 Å². The second-order valence-electron chi connectivity index (χ2n) is 7.84. The molecule has 1 aromatic carbocycles. The third-order valence-corrected chi connectivity index (χ3v) is 5.46. The number of hydrogen-bond donors (Lipinski definition) is 2. The Labute approximate surface area is 183 Å². The molecule has 0 atom stereocenters. The van der Waals surface area contributed by atoms with Crippen LogP contribution in [0.4, 0.5) is 4.39 Å². The predicted octanol–water partition coefficient (Wildman–Crippen LogP) is 2.71. The minimum atomic E-state index is -0.609. The van der Waals surface area contributed by atoms with Gasteiger partial charge in [-0.05, 0) is 62.9 Å². The number of carbonyl (C=O) groups excluding carboxylic acids is 1. The van der Waals surface area contributed by atoms with Gasteiger partial charge in [0, 0.05) is 24.7 Å². The molecule has 168 valence electrons. The lowest BCUT2D eigenvalue weighted by Crippen LogP contribution is -2.33. The van der Waals surface area contributed by atoms with E-state index in [1.54, 1.807) is 25.1 Å². The average Bonchev–Trinajstić information content (AvgIpc) is 3.62. The van der Waals surface area contributed by atoms with Crippen molar-refractivity contribution >= 4 is 16.9 Å². The molecule has 1 aliphatic rings. The second kappa shape index (κ2) is 9.33. The number of amides is 1. The zero-order chi connectivity index (χ0) is 22.7. The standard InChI is InChI=1S/C23H25FN4O4/c1-2-28-20-19(22(30)27-23(28)31)17(13-18(26-20)14-5-6-14)21(29)25-11-3-4-12-32-16-9-7-15(24)8-10-16/h7-10,13-14H,2-6,11-12H2,1H3,(H,25,29)(H,27,30,31). The first-order chi connectivity index (χ1) is 15.5. The fourth-order valence-electron chi connectivity index (χ4n) is 3.60. The first kappa shape index (κ1) is 21.7. The van der Waals surface area contributed by atoms with Gasteiger partial charge in [-0.2, -0.15) is 0 Å². The van der Waals surface area contributed by atoms with E-state index in [-0.39, 0.29) is 34.2 Å². The fourth-order valence-corrected chi connectivity index (χ4v) is 3.60. The van der Waals surface area contributed by atoms with Crippen molar-refractivity contribution in [1.29, 1.82) is 0 Å². The number of hydrogen-bond acceptors (Lipinski definition) is 5. The molecule has 0 spiro atoms. The molecule has 1 amide bonds. The van der Waals surface area contributed by atoms with Gasteiger partial charge >= 0.3 is 5.69 Å². The van der Waals surface area contributed by atoms with Crippen molar-refractivity contribution in [2.45, 2.75) is 45.1 Å². The maximum absolute atomic E-state index is 12.9. The molecule has 0 bridgehead atoms. The number of aromatic amines is 1. The molecular formula is C23H25FN4O4. The Kier molecular flexibility index (Phi) is 6.34. The molecule has 0 unspecified atom stereocenters. The van der Waals surface area contributed by atoms with Crippen molar-refractivity contribution in [3.63, 3.8) is 0 Å². The molecule has 1 fully saturated rings. The first-order valence-electron chi connectivity index (χ1n) is 10.8. The van der Waals surface area contributed by atoms with Gasteiger partial charge in [-0.3, -0.25) is 19.1 Å². The summed E-state index contributed by atoms with van der Waals surface area (Å²) >= 11 is 0. The van der Waals surface area contributed by atoms with E-state index in [2.05, 4.69) is 15.3 Å². The van der Waals surface area contributed by atoms with Crippen molar-refractivity contribution in [3.8, 4) is 5.75 Å². The topological polar surface area (TPSA) is 106 Å². The van der Waals surface area contributed by atoms with E-state index in [0.717, 1.165) is 18.5 Å². The van der Waals surface area contributed by atoms with Crippen molar-refractivity contribution in [2.75, 3.05) is 13.2 Å². The molecule has 1 aliphatic carbocycles. The van der Waals surface area contributed by atoms with Crippen LogP contribution in [-0.2, 0) is 6.54 Å². The van der Waals surface area contributed by atoms with Gasteiger partial charge in [0.05, 0.1) is 17.6 Å². The minimum Gasteiger partial charge on any atom is -0.494 e. The van der Waals surface area contributed by atoms with Crippen LogP contribution in [0.3, 0.4) is 0 Å². The van der Waals surface area contributed by atoms with Crippen LogP contribution >= 0.6 is 0 Å². The summed E-state index contributed by atoms with van der Waals surface area (Å²) < 4.78 is 19.8. The van der Waals surface area contributed by atoms with Crippen molar-refractivity contribution < 1.29 is 13.9 Å². The van der Waals surface area contributed by atoms with Crippen LogP contribution in [0, 0.1) is 5.82 Å². The third kappa shape index (κ3) is 4.71. The predicted molar refractivity (Wildman–Crippen MR) is 118 cm³/mol. The molecular weight excluding hydrogens is 415 g/mol. The number of unbranched alkanes of at least 4 members (excludes halogenated alkanes) is 1. The largest absolute Gasteiger partial charge is 0.494 e. The molecule has 3 aromatic rings. The summed E-state index contributed by atoms with van der Waals surface area (Å²) in [5, 5.41) is 2.98. The molecule has 0 saturated heterocycles. The summed E-state index contributed by atoms with van der Waals surface area (Å²) in [7, 11) is 0.